The van der Waals surface area contributed by atoms with E-state index in [-0.39, 0.29) is 12.5 Å². The smallest absolute Gasteiger partial charge is 0.347 e. The van der Waals surface area contributed by atoms with Gasteiger partial charge in [-0.25, -0.2) is 0 Å². The molecule has 0 fully saturated rings. The molecule has 2 aromatic carbocycles. The van der Waals surface area contributed by atoms with Crippen molar-refractivity contribution in [2.75, 3.05) is 0 Å². The Bertz CT molecular complexity index is 899. The second kappa shape index (κ2) is 6.28. The number of carbonyl (C=O) groups is 1. The normalized spacial score (nSPS) is 11.7. The number of thiophene rings is 1. The maximum absolute atomic E-state index is 12.7. The highest BCUT2D eigenvalue weighted by Gasteiger charge is 2.30. The Morgan fingerprint density at radius 3 is 2.58 bits per heavy atom. The summed E-state index contributed by atoms with van der Waals surface area (Å²) < 4.78 is 39.2. The average Bonchev–Trinajstić information content (AvgIpc) is 2.90. The van der Waals surface area contributed by atoms with Crippen molar-refractivity contribution in [2.24, 2.45) is 0 Å². The zero-order chi connectivity index (χ0) is 17.3. The second-order valence-electron chi connectivity index (χ2n) is 5.43. The Hall–Kier alpha value is -2.34. The Morgan fingerprint density at radius 2 is 1.88 bits per heavy atom. The van der Waals surface area contributed by atoms with Gasteiger partial charge in [0.25, 0.3) is 5.91 Å². The highest BCUT2D eigenvalue weighted by molar-refractivity contribution is 7.21. The summed E-state index contributed by atoms with van der Waals surface area (Å²) in [5.74, 6) is -0.272. The van der Waals surface area contributed by atoms with E-state index in [0.29, 0.717) is 10.4 Å². The van der Waals surface area contributed by atoms with Gasteiger partial charge in [-0.05, 0) is 41.6 Å². The number of halogens is 3. The van der Waals surface area contributed by atoms with Gasteiger partial charge in [0.05, 0.1) is 10.4 Å². The number of aryl methyl sites for hydroxylation is 1. The van der Waals surface area contributed by atoms with Gasteiger partial charge in [-0.15, -0.1) is 11.3 Å². The van der Waals surface area contributed by atoms with Crippen molar-refractivity contribution in [2.45, 2.75) is 19.6 Å². The van der Waals surface area contributed by atoms with Crippen molar-refractivity contribution in [3.63, 3.8) is 0 Å². The first-order valence-electron chi connectivity index (χ1n) is 7.29. The van der Waals surface area contributed by atoms with Gasteiger partial charge in [0.15, 0.2) is 0 Å². The second-order valence-corrected chi connectivity index (χ2v) is 6.49. The summed E-state index contributed by atoms with van der Waals surface area (Å²) in [6.07, 6.45) is -4.39. The van der Waals surface area contributed by atoms with Crippen LogP contribution in [-0.4, -0.2) is 5.91 Å². The number of hydrogen-bond donors (Lipinski definition) is 1. The molecule has 3 aromatic rings. The molecule has 0 bridgehead atoms. The van der Waals surface area contributed by atoms with Gasteiger partial charge in [0.2, 0.25) is 0 Å². The maximum Gasteiger partial charge on any atom is 0.416 e. The molecule has 1 N–H and O–H groups in total. The molecule has 124 valence electrons. The predicted octanol–water partition coefficient (Wildman–Crippen LogP) is 5.16. The SMILES string of the molecule is Cc1c(C(=O)NCc2cccc(C(F)(F)F)c2)sc2ccccc12. The van der Waals surface area contributed by atoms with Crippen LogP contribution < -0.4 is 5.32 Å². The molecule has 1 amide bonds. The zero-order valence-corrected chi connectivity index (χ0v) is 13.6. The summed E-state index contributed by atoms with van der Waals surface area (Å²) in [7, 11) is 0. The molecule has 0 spiro atoms. The van der Waals surface area contributed by atoms with Crippen LogP contribution in [0.15, 0.2) is 48.5 Å². The molecule has 3 rings (SSSR count). The van der Waals surface area contributed by atoms with Crippen LogP contribution >= 0.6 is 11.3 Å². The fraction of sp³-hybridized carbons (Fsp3) is 0.167. The molecule has 0 saturated heterocycles. The first-order valence-corrected chi connectivity index (χ1v) is 8.10. The van der Waals surface area contributed by atoms with E-state index in [2.05, 4.69) is 5.32 Å². The minimum atomic E-state index is -4.39. The zero-order valence-electron chi connectivity index (χ0n) is 12.8. The highest BCUT2D eigenvalue weighted by atomic mass is 32.1. The highest BCUT2D eigenvalue weighted by Crippen LogP contribution is 2.31. The molecule has 0 aliphatic heterocycles. The van der Waals surface area contributed by atoms with Crippen LogP contribution in [0.3, 0.4) is 0 Å². The Labute approximate surface area is 140 Å². The van der Waals surface area contributed by atoms with E-state index in [1.165, 1.54) is 17.4 Å². The van der Waals surface area contributed by atoms with Crippen LogP contribution in [0.25, 0.3) is 10.1 Å². The molecule has 0 unspecified atom stereocenters. The van der Waals surface area contributed by atoms with Crippen molar-refractivity contribution >= 4 is 27.3 Å². The minimum absolute atomic E-state index is 0.0520. The molecule has 0 atom stereocenters. The molecule has 0 aliphatic rings. The van der Waals surface area contributed by atoms with E-state index in [1.807, 2.05) is 31.2 Å². The van der Waals surface area contributed by atoms with E-state index in [4.69, 9.17) is 0 Å². The lowest BCUT2D eigenvalue weighted by atomic mass is 10.1. The van der Waals surface area contributed by atoms with Crippen molar-refractivity contribution in [1.29, 1.82) is 0 Å². The van der Waals surface area contributed by atoms with Crippen molar-refractivity contribution in [3.8, 4) is 0 Å². The third-order valence-electron chi connectivity index (χ3n) is 3.76. The number of rotatable bonds is 3. The fourth-order valence-corrected chi connectivity index (χ4v) is 3.64. The molecule has 1 aromatic heterocycles. The topological polar surface area (TPSA) is 29.1 Å². The standard InChI is InChI=1S/C18H14F3NOS/c1-11-14-7-2-3-8-15(14)24-16(11)17(23)22-10-12-5-4-6-13(9-12)18(19,20)21/h2-9H,10H2,1H3,(H,22,23). The molecule has 0 radical (unpaired) electrons. The quantitative estimate of drug-likeness (QED) is 0.695. The van der Waals surface area contributed by atoms with E-state index < -0.39 is 11.7 Å². The largest absolute Gasteiger partial charge is 0.416 e. The Kier molecular flexibility index (Phi) is 4.32. The molecule has 6 heteroatoms. The summed E-state index contributed by atoms with van der Waals surface area (Å²) in [6, 6.07) is 12.7. The third kappa shape index (κ3) is 3.28. The van der Waals surface area contributed by atoms with Gasteiger partial charge < -0.3 is 5.32 Å². The van der Waals surface area contributed by atoms with Crippen molar-refractivity contribution in [3.05, 3.63) is 70.1 Å². The summed E-state index contributed by atoms with van der Waals surface area (Å²) >= 11 is 1.38. The van der Waals surface area contributed by atoms with Gasteiger partial charge in [0.1, 0.15) is 0 Å². The summed E-state index contributed by atoms with van der Waals surface area (Å²) in [4.78, 5) is 13.0. The number of carbonyl (C=O) groups excluding carboxylic acids is 1. The van der Waals surface area contributed by atoms with Crippen LogP contribution in [0.5, 0.6) is 0 Å². The van der Waals surface area contributed by atoms with Crippen LogP contribution in [0.2, 0.25) is 0 Å². The van der Waals surface area contributed by atoms with Crippen LogP contribution in [-0.2, 0) is 12.7 Å². The summed E-state index contributed by atoms with van der Waals surface area (Å²) in [5.41, 5.74) is 0.585. The number of nitrogens with one attached hydrogen (secondary N) is 1. The minimum Gasteiger partial charge on any atom is -0.347 e. The van der Waals surface area contributed by atoms with Gasteiger partial charge in [0, 0.05) is 11.2 Å². The number of hydrogen-bond acceptors (Lipinski definition) is 2. The van der Waals surface area contributed by atoms with Crippen LogP contribution in [0.4, 0.5) is 13.2 Å². The van der Waals surface area contributed by atoms with E-state index in [9.17, 15) is 18.0 Å². The molecular formula is C18H14F3NOS. The maximum atomic E-state index is 12.7. The van der Waals surface area contributed by atoms with Crippen molar-refractivity contribution in [1.82, 2.24) is 5.32 Å². The monoisotopic (exact) mass is 349 g/mol. The lowest BCUT2D eigenvalue weighted by Gasteiger charge is -2.09. The molecule has 2 nitrogen and oxygen atoms in total. The molecule has 24 heavy (non-hydrogen) atoms. The van der Waals surface area contributed by atoms with E-state index >= 15 is 0 Å². The predicted molar refractivity (Wildman–Crippen MR) is 89.2 cm³/mol. The van der Waals surface area contributed by atoms with Gasteiger partial charge in [-0.1, -0.05) is 30.3 Å². The molecule has 0 aliphatic carbocycles. The number of alkyl halides is 3. The molecule has 0 saturated carbocycles. The lowest BCUT2D eigenvalue weighted by Crippen LogP contribution is -2.22. The summed E-state index contributed by atoms with van der Waals surface area (Å²) in [5, 5.41) is 3.72. The Morgan fingerprint density at radius 1 is 1.12 bits per heavy atom. The molecular weight excluding hydrogens is 335 g/mol. The summed E-state index contributed by atoms with van der Waals surface area (Å²) in [6.45, 7) is 1.93. The first-order chi connectivity index (χ1) is 11.4. The first kappa shape index (κ1) is 16.5. The number of amides is 1. The molecule has 1 heterocycles. The van der Waals surface area contributed by atoms with Crippen LogP contribution in [0, 0.1) is 6.92 Å². The van der Waals surface area contributed by atoms with Gasteiger partial charge in [-0.2, -0.15) is 13.2 Å². The van der Waals surface area contributed by atoms with E-state index in [0.717, 1.165) is 27.8 Å². The fourth-order valence-electron chi connectivity index (χ4n) is 2.51. The van der Waals surface area contributed by atoms with Crippen molar-refractivity contribution < 1.29 is 18.0 Å². The average molecular weight is 349 g/mol. The third-order valence-corrected chi connectivity index (χ3v) is 5.03. The number of fused-ring (bicyclic) bond motifs is 1. The van der Waals surface area contributed by atoms with E-state index in [1.54, 1.807) is 6.07 Å². The Balaban J connectivity index is 1.77. The van der Waals surface area contributed by atoms with Crippen LogP contribution in [0.1, 0.15) is 26.4 Å². The lowest BCUT2D eigenvalue weighted by molar-refractivity contribution is -0.137. The number of benzene rings is 2. The van der Waals surface area contributed by atoms with Gasteiger partial charge >= 0.3 is 6.18 Å². The van der Waals surface area contributed by atoms with Gasteiger partial charge in [-0.3, -0.25) is 4.79 Å².